The van der Waals surface area contributed by atoms with Crippen molar-refractivity contribution in [2.45, 2.75) is 39.2 Å². The number of fused-ring (bicyclic) bond motifs is 1. The molecule has 0 fully saturated rings. The van der Waals surface area contributed by atoms with Crippen molar-refractivity contribution in [1.82, 2.24) is 19.7 Å². The molecule has 7 aromatic rings. The molecule has 0 radical (unpaired) electrons. The van der Waals surface area contributed by atoms with E-state index in [0.29, 0.717) is 11.7 Å². The van der Waals surface area contributed by atoms with E-state index in [1.54, 1.807) is 0 Å². The highest BCUT2D eigenvalue weighted by molar-refractivity contribution is 5.86. The van der Waals surface area contributed by atoms with E-state index in [9.17, 15) is 0 Å². The van der Waals surface area contributed by atoms with Gasteiger partial charge >= 0.3 is 0 Å². The van der Waals surface area contributed by atoms with Crippen LogP contribution < -0.4 is 0 Å². The molecule has 44 heavy (non-hydrogen) atoms. The summed E-state index contributed by atoms with van der Waals surface area (Å²) in [6, 6.07) is 44.0. The van der Waals surface area contributed by atoms with Crippen molar-refractivity contribution in [2.24, 2.45) is 0 Å². The van der Waals surface area contributed by atoms with Crippen LogP contribution in [0.3, 0.4) is 0 Å². The average molecular weight is 575 g/mol. The summed E-state index contributed by atoms with van der Waals surface area (Å²) in [5, 5.41) is 6.63. The van der Waals surface area contributed by atoms with Gasteiger partial charge in [-0.2, -0.15) is 4.98 Å². The Hall–Kier alpha value is -5.29. The van der Waals surface area contributed by atoms with E-state index in [4.69, 9.17) is 14.5 Å². The highest BCUT2D eigenvalue weighted by atomic mass is 16.5. The Morgan fingerprint density at radius 1 is 0.568 bits per heavy atom. The van der Waals surface area contributed by atoms with E-state index in [2.05, 4.69) is 114 Å². The molecule has 0 aliphatic heterocycles. The van der Waals surface area contributed by atoms with E-state index in [1.165, 1.54) is 30.2 Å². The van der Waals surface area contributed by atoms with Crippen LogP contribution in [0.1, 0.15) is 32.6 Å². The van der Waals surface area contributed by atoms with E-state index in [-0.39, 0.29) is 0 Å². The summed E-state index contributed by atoms with van der Waals surface area (Å²) >= 11 is 0. The average Bonchev–Trinajstić information content (AvgIpc) is 3.74. The summed E-state index contributed by atoms with van der Waals surface area (Å²) < 4.78 is 8.13. The lowest BCUT2D eigenvalue weighted by molar-refractivity contribution is 0.432. The maximum atomic E-state index is 5.72. The van der Waals surface area contributed by atoms with Crippen LogP contribution in [0.4, 0.5) is 0 Å². The minimum Gasteiger partial charge on any atom is -0.334 e. The Bertz CT molecular complexity index is 1990. The van der Waals surface area contributed by atoms with E-state index >= 15 is 0 Å². The van der Waals surface area contributed by atoms with Gasteiger partial charge in [0.05, 0.1) is 11.4 Å². The van der Waals surface area contributed by atoms with E-state index in [0.717, 1.165) is 57.8 Å². The van der Waals surface area contributed by atoms with Crippen LogP contribution in [-0.4, -0.2) is 19.7 Å². The highest BCUT2D eigenvalue weighted by Gasteiger charge is 2.21. The molecule has 0 N–H and O–H groups in total. The predicted molar refractivity (Wildman–Crippen MR) is 179 cm³/mol. The highest BCUT2D eigenvalue weighted by Crippen LogP contribution is 2.37. The number of rotatable bonds is 10. The first kappa shape index (κ1) is 27.5. The third-order valence-corrected chi connectivity index (χ3v) is 8.12. The van der Waals surface area contributed by atoms with E-state index in [1.807, 2.05) is 30.3 Å². The lowest BCUT2D eigenvalue weighted by atomic mass is 10.0. The lowest BCUT2D eigenvalue weighted by Gasteiger charge is -2.14. The number of hydrogen-bond donors (Lipinski definition) is 0. The van der Waals surface area contributed by atoms with Gasteiger partial charge in [-0.1, -0.05) is 141 Å². The molecule has 0 aliphatic rings. The van der Waals surface area contributed by atoms with Crippen molar-refractivity contribution in [1.29, 1.82) is 0 Å². The van der Waals surface area contributed by atoms with Gasteiger partial charge in [0.25, 0.3) is 5.89 Å². The quantitative estimate of drug-likeness (QED) is 0.153. The molecule has 5 nitrogen and oxygen atoms in total. The fourth-order valence-electron chi connectivity index (χ4n) is 5.82. The topological polar surface area (TPSA) is 56.7 Å². The van der Waals surface area contributed by atoms with Crippen LogP contribution in [-0.2, 0) is 6.54 Å². The van der Waals surface area contributed by atoms with Gasteiger partial charge in [-0.3, -0.25) is 0 Å². The molecule has 0 atom stereocenters. The fraction of sp³-hybridized carbons (Fsp3) is 0.154. The zero-order chi connectivity index (χ0) is 29.7. The summed E-state index contributed by atoms with van der Waals surface area (Å²) in [5.74, 6) is 2.04. The van der Waals surface area contributed by atoms with Gasteiger partial charge in [0.15, 0.2) is 0 Å². The monoisotopic (exact) mass is 574 g/mol. The lowest BCUT2D eigenvalue weighted by Crippen LogP contribution is -2.03. The normalized spacial score (nSPS) is 11.3. The van der Waals surface area contributed by atoms with Crippen molar-refractivity contribution >= 4 is 10.8 Å². The first-order chi connectivity index (χ1) is 21.8. The van der Waals surface area contributed by atoms with Gasteiger partial charge in [0.1, 0.15) is 5.82 Å². The Kier molecular flexibility index (Phi) is 7.84. The van der Waals surface area contributed by atoms with E-state index < -0.39 is 0 Å². The molecule has 2 aromatic heterocycles. The number of imidazole rings is 1. The Morgan fingerprint density at radius 3 is 1.98 bits per heavy atom. The third kappa shape index (κ3) is 5.57. The van der Waals surface area contributed by atoms with Gasteiger partial charge in [0, 0.05) is 34.4 Å². The molecule has 5 aromatic carbocycles. The first-order valence-electron chi connectivity index (χ1n) is 15.4. The predicted octanol–water partition coefficient (Wildman–Crippen LogP) is 10.3. The largest absolute Gasteiger partial charge is 0.334 e. The Balaban J connectivity index is 1.26. The van der Waals surface area contributed by atoms with Gasteiger partial charge in [-0.15, -0.1) is 0 Å². The van der Waals surface area contributed by atoms with Crippen molar-refractivity contribution < 1.29 is 4.52 Å². The molecule has 216 valence electrons. The second kappa shape index (κ2) is 12.5. The minimum atomic E-state index is 0.498. The second-order valence-electron chi connectivity index (χ2n) is 11.1. The summed E-state index contributed by atoms with van der Waals surface area (Å²) in [6.07, 6.45) is 4.73. The SMILES string of the molecule is CCCCCCn1c(-c2ccc(-c3nc(-c4ccc5ccccc5c4)no3)cc2)nc(-c2ccccc2)c1-c1ccccc1. The number of nitrogens with zero attached hydrogens (tertiary/aromatic N) is 4. The molecule has 5 heteroatoms. The second-order valence-corrected chi connectivity index (χ2v) is 11.1. The third-order valence-electron chi connectivity index (χ3n) is 8.12. The molecule has 7 rings (SSSR count). The number of unbranched alkanes of at least 4 members (excludes halogenated alkanes) is 3. The molecule has 0 spiro atoms. The Labute approximate surface area is 257 Å². The van der Waals surface area contributed by atoms with Crippen LogP contribution in [0.15, 0.2) is 132 Å². The number of aromatic nitrogens is 4. The van der Waals surface area contributed by atoms with Crippen LogP contribution in [0, 0.1) is 0 Å². The molecule has 0 saturated heterocycles. The van der Waals surface area contributed by atoms with Crippen LogP contribution in [0.5, 0.6) is 0 Å². The van der Waals surface area contributed by atoms with Crippen LogP contribution >= 0.6 is 0 Å². The fourth-order valence-corrected chi connectivity index (χ4v) is 5.82. The molecule has 0 aliphatic carbocycles. The molecule has 0 unspecified atom stereocenters. The summed E-state index contributed by atoms with van der Waals surface area (Å²) in [6.45, 7) is 3.15. The molecular formula is C39H34N4O. The van der Waals surface area contributed by atoms with Crippen LogP contribution in [0.25, 0.3) is 67.5 Å². The first-order valence-corrected chi connectivity index (χ1v) is 15.4. The molecular weight excluding hydrogens is 540 g/mol. The zero-order valence-electron chi connectivity index (χ0n) is 24.9. The molecule has 2 heterocycles. The standard InChI is InChI=1S/C39H34N4O/c1-2-3-4-13-26-43-36(30-17-9-6-10-18-30)35(29-15-7-5-8-16-29)40-38(43)31-21-23-32(24-22-31)39-41-37(42-44-39)34-25-20-28-14-11-12-19-33(28)27-34/h5-12,14-25,27H,2-4,13,26H2,1H3. The maximum Gasteiger partial charge on any atom is 0.258 e. The minimum absolute atomic E-state index is 0.498. The molecule has 0 bridgehead atoms. The molecule has 0 amide bonds. The number of hydrogen-bond acceptors (Lipinski definition) is 4. The zero-order valence-corrected chi connectivity index (χ0v) is 24.9. The van der Waals surface area contributed by atoms with Gasteiger partial charge < -0.3 is 9.09 Å². The summed E-state index contributed by atoms with van der Waals surface area (Å²) in [5.41, 5.74) is 7.31. The van der Waals surface area contributed by atoms with Gasteiger partial charge in [-0.25, -0.2) is 4.98 Å². The van der Waals surface area contributed by atoms with Gasteiger partial charge in [0.2, 0.25) is 5.82 Å². The smallest absolute Gasteiger partial charge is 0.258 e. The summed E-state index contributed by atoms with van der Waals surface area (Å²) in [7, 11) is 0. The Morgan fingerprint density at radius 2 is 1.23 bits per heavy atom. The van der Waals surface area contributed by atoms with Crippen molar-refractivity contribution in [3.05, 3.63) is 127 Å². The number of benzene rings is 5. The molecule has 0 saturated carbocycles. The van der Waals surface area contributed by atoms with Crippen LogP contribution in [0.2, 0.25) is 0 Å². The summed E-state index contributed by atoms with van der Waals surface area (Å²) in [4.78, 5) is 10.0. The van der Waals surface area contributed by atoms with Gasteiger partial charge in [-0.05, 0) is 35.4 Å². The van der Waals surface area contributed by atoms with Crippen molar-refractivity contribution in [2.75, 3.05) is 0 Å². The van der Waals surface area contributed by atoms with Crippen molar-refractivity contribution in [3.8, 4) is 56.7 Å². The van der Waals surface area contributed by atoms with Crippen molar-refractivity contribution in [3.63, 3.8) is 0 Å². The maximum absolute atomic E-state index is 5.72.